The van der Waals surface area contributed by atoms with Gasteiger partial charge in [0.05, 0.1) is 14.2 Å². The Bertz CT molecular complexity index is 804. The van der Waals surface area contributed by atoms with Crippen LogP contribution in [0.5, 0.6) is 5.75 Å². The Hall–Kier alpha value is -2.74. The molecule has 110 valence electrons. The van der Waals surface area contributed by atoms with Crippen LogP contribution in [-0.4, -0.2) is 14.2 Å². The van der Waals surface area contributed by atoms with Gasteiger partial charge in [-0.1, -0.05) is 48.5 Å². The van der Waals surface area contributed by atoms with Gasteiger partial charge in [0.25, 0.3) is 0 Å². The predicted molar refractivity (Wildman–Crippen MR) is 91.8 cm³/mol. The van der Waals surface area contributed by atoms with E-state index in [1.165, 1.54) is 0 Å². The van der Waals surface area contributed by atoms with Gasteiger partial charge >= 0.3 is 0 Å². The van der Waals surface area contributed by atoms with E-state index in [1.54, 1.807) is 14.2 Å². The first-order chi connectivity index (χ1) is 10.8. The second-order valence-corrected chi connectivity index (χ2v) is 5.05. The van der Waals surface area contributed by atoms with Crippen LogP contribution in [0.15, 0.2) is 66.7 Å². The lowest BCUT2D eigenvalue weighted by atomic mass is 10.0. The van der Waals surface area contributed by atoms with Crippen LogP contribution in [0.3, 0.4) is 0 Å². The van der Waals surface area contributed by atoms with Crippen LogP contribution in [0.1, 0.15) is 11.1 Å². The van der Waals surface area contributed by atoms with Crippen molar-refractivity contribution in [1.29, 1.82) is 0 Å². The summed E-state index contributed by atoms with van der Waals surface area (Å²) in [7, 11) is 3.38. The van der Waals surface area contributed by atoms with Gasteiger partial charge in [0, 0.05) is 5.56 Å². The van der Waals surface area contributed by atoms with E-state index in [1.807, 2.05) is 36.4 Å². The van der Waals surface area contributed by atoms with Gasteiger partial charge < -0.3 is 9.47 Å². The summed E-state index contributed by atoms with van der Waals surface area (Å²) < 4.78 is 10.8. The lowest BCUT2D eigenvalue weighted by Crippen LogP contribution is -1.89. The van der Waals surface area contributed by atoms with Gasteiger partial charge in [0.15, 0.2) is 0 Å². The zero-order chi connectivity index (χ0) is 15.4. The van der Waals surface area contributed by atoms with Crippen molar-refractivity contribution in [2.24, 2.45) is 0 Å². The highest BCUT2D eigenvalue weighted by Gasteiger charge is 2.04. The molecule has 2 nitrogen and oxygen atoms in total. The van der Waals surface area contributed by atoms with Crippen molar-refractivity contribution in [2.45, 2.75) is 0 Å². The quantitative estimate of drug-likeness (QED) is 0.497. The first-order valence-electron chi connectivity index (χ1n) is 7.19. The van der Waals surface area contributed by atoms with Gasteiger partial charge in [0.1, 0.15) is 11.5 Å². The molecule has 0 bridgehead atoms. The zero-order valence-electron chi connectivity index (χ0n) is 12.7. The van der Waals surface area contributed by atoms with Crippen LogP contribution in [0.2, 0.25) is 0 Å². The fourth-order valence-electron chi connectivity index (χ4n) is 2.46. The van der Waals surface area contributed by atoms with Gasteiger partial charge in [-0.2, -0.15) is 0 Å². The Kier molecular flexibility index (Phi) is 4.10. The molecule has 0 aromatic heterocycles. The van der Waals surface area contributed by atoms with E-state index < -0.39 is 0 Å². The second kappa shape index (κ2) is 6.35. The van der Waals surface area contributed by atoms with Crippen LogP contribution in [0.25, 0.3) is 22.6 Å². The van der Waals surface area contributed by atoms with E-state index in [9.17, 15) is 0 Å². The maximum Gasteiger partial charge on any atom is 0.126 e. The number of fused-ring (bicyclic) bond motifs is 1. The van der Waals surface area contributed by atoms with Crippen molar-refractivity contribution in [2.75, 3.05) is 14.2 Å². The van der Waals surface area contributed by atoms with Crippen LogP contribution in [0, 0.1) is 0 Å². The van der Waals surface area contributed by atoms with E-state index in [-0.39, 0.29) is 0 Å². The first kappa shape index (κ1) is 14.2. The van der Waals surface area contributed by atoms with E-state index in [0.717, 1.165) is 33.4 Å². The molecule has 0 unspecified atom stereocenters. The number of rotatable bonds is 4. The van der Waals surface area contributed by atoms with E-state index in [4.69, 9.17) is 9.47 Å². The molecule has 3 aromatic rings. The first-order valence-corrected chi connectivity index (χ1v) is 7.19. The van der Waals surface area contributed by atoms with Crippen LogP contribution < -0.4 is 4.74 Å². The highest BCUT2D eigenvalue weighted by Crippen LogP contribution is 2.26. The van der Waals surface area contributed by atoms with Gasteiger partial charge in [-0.15, -0.1) is 0 Å². The molecule has 0 saturated carbocycles. The fraction of sp³-hybridized carbons (Fsp3) is 0.100. The number of methoxy groups -OCH3 is 2. The third-order valence-corrected chi connectivity index (χ3v) is 3.65. The minimum absolute atomic E-state index is 0.851. The smallest absolute Gasteiger partial charge is 0.126 e. The third kappa shape index (κ3) is 2.96. The van der Waals surface area contributed by atoms with Crippen molar-refractivity contribution in [3.8, 4) is 5.75 Å². The molecule has 0 aliphatic carbocycles. The monoisotopic (exact) mass is 290 g/mol. The summed E-state index contributed by atoms with van der Waals surface area (Å²) >= 11 is 0. The average molecular weight is 290 g/mol. The summed E-state index contributed by atoms with van der Waals surface area (Å²) in [5.41, 5.74) is 2.18. The van der Waals surface area contributed by atoms with E-state index >= 15 is 0 Å². The van der Waals surface area contributed by atoms with Crippen molar-refractivity contribution >= 4 is 22.6 Å². The summed E-state index contributed by atoms with van der Waals surface area (Å²) in [6.45, 7) is 0. The molecule has 0 fully saturated rings. The maximum atomic E-state index is 5.57. The number of ether oxygens (including phenoxy) is 2. The van der Waals surface area contributed by atoms with Crippen molar-refractivity contribution in [3.63, 3.8) is 0 Å². The molecule has 0 radical (unpaired) electrons. The third-order valence-electron chi connectivity index (χ3n) is 3.65. The van der Waals surface area contributed by atoms with Gasteiger partial charge in [0.2, 0.25) is 0 Å². The summed E-state index contributed by atoms with van der Waals surface area (Å²) in [4.78, 5) is 0. The van der Waals surface area contributed by atoms with Crippen LogP contribution >= 0.6 is 0 Å². The SMILES string of the molecule is CO/C(=C\c1ccccc1)c1ccc2cc(OC)ccc2c1. The van der Waals surface area contributed by atoms with E-state index in [2.05, 4.69) is 36.4 Å². The molecule has 22 heavy (non-hydrogen) atoms. The predicted octanol–water partition coefficient (Wildman–Crippen LogP) is 4.99. The molecular weight excluding hydrogens is 272 g/mol. The van der Waals surface area contributed by atoms with Crippen molar-refractivity contribution in [1.82, 2.24) is 0 Å². The minimum atomic E-state index is 0.851. The number of hydrogen-bond acceptors (Lipinski definition) is 2. The Balaban J connectivity index is 2.02. The summed E-state index contributed by atoms with van der Waals surface area (Å²) in [5.74, 6) is 1.72. The molecule has 0 spiro atoms. The molecule has 0 aliphatic heterocycles. The van der Waals surface area contributed by atoms with Crippen LogP contribution in [-0.2, 0) is 4.74 Å². The molecule has 0 heterocycles. The minimum Gasteiger partial charge on any atom is -0.497 e. The average Bonchev–Trinajstić information content (AvgIpc) is 2.59. The Morgan fingerprint density at radius 2 is 1.55 bits per heavy atom. The normalized spacial score (nSPS) is 11.5. The molecule has 0 saturated heterocycles. The highest BCUT2D eigenvalue weighted by molar-refractivity contribution is 5.89. The fourth-order valence-corrected chi connectivity index (χ4v) is 2.46. The summed E-state index contributed by atoms with van der Waals surface area (Å²) in [6, 6.07) is 22.5. The van der Waals surface area contributed by atoms with Gasteiger partial charge in [-0.25, -0.2) is 0 Å². The summed E-state index contributed by atoms with van der Waals surface area (Å²) in [6.07, 6.45) is 2.05. The highest BCUT2D eigenvalue weighted by atomic mass is 16.5. The Morgan fingerprint density at radius 1 is 0.818 bits per heavy atom. The molecule has 3 aromatic carbocycles. The topological polar surface area (TPSA) is 18.5 Å². The molecule has 3 rings (SSSR count). The van der Waals surface area contributed by atoms with E-state index in [0.29, 0.717) is 0 Å². The Morgan fingerprint density at radius 3 is 2.27 bits per heavy atom. The maximum absolute atomic E-state index is 5.57. The lowest BCUT2D eigenvalue weighted by Gasteiger charge is -2.09. The van der Waals surface area contributed by atoms with Crippen molar-refractivity contribution < 1.29 is 9.47 Å². The Labute approximate surface area is 130 Å². The largest absolute Gasteiger partial charge is 0.497 e. The number of hydrogen-bond donors (Lipinski definition) is 0. The molecule has 2 heteroatoms. The lowest BCUT2D eigenvalue weighted by molar-refractivity contribution is 0.372. The molecule has 0 atom stereocenters. The van der Waals surface area contributed by atoms with Crippen molar-refractivity contribution in [3.05, 3.63) is 77.9 Å². The molecular formula is C20H18O2. The van der Waals surface area contributed by atoms with Crippen LogP contribution in [0.4, 0.5) is 0 Å². The van der Waals surface area contributed by atoms with Gasteiger partial charge in [-0.05, 0) is 40.6 Å². The molecule has 0 aliphatic rings. The van der Waals surface area contributed by atoms with Gasteiger partial charge in [-0.3, -0.25) is 0 Å². The number of benzene rings is 3. The molecule has 0 amide bonds. The summed E-state index contributed by atoms with van der Waals surface area (Å²) in [5, 5.41) is 2.31. The second-order valence-electron chi connectivity index (χ2n) is 5.05. The zero-order valence-corrected chi connectivity index (χ0v) is 12.7. The standard InChI is InChI=1S/C20H18O2/c1-21-19-11-10-16-13-18(9-8-17(16)14-19)20(22-2)12-15-6-4-3-5-7-15/h3-14H,1-2H3/b20-12-. The molecule has 0 N–H and O–H groups in total.